The van der Waals surface area contributed by atoms with Gasteiger partial charge in [0.1, 0.15) is 0 Å². The van der Waals surface area contributed by atoms with Crippen molar-refractivity contribution in [3.05, 3.63) is 36.0 Å². The van der Waals surface area contributed by atoms with Crippen LogP contribution in [0, 0.1) is 5.41 Å². The monoisotopic (exact) mass is 147 g/mol. The zero-order valence-electron chi connectivity index (χ0n) is 6.80. The van der Waals surface area contributed by atoms with Gasteiger partial charge in [-0.1, -0.05) is 24.3 Å². The lowest BCUT2D eigenvalue weighted by atomic mass is 10.0. The first-order chi connectivity index (χ1) is 5.34. The van der Waals surface area contributed by atoms with Gasteiger partial charge >= 0.3 is 0 Å². The summed E-state index contributed by atoms with van der Waals surface area (Å²) in [6, 6.07) is 0. The Kier molecular flexibility index (Phi) is 2.84. The minimum Gasteiger partial charge on any atom is -0.300 e. The Hall–Kier alpha value is -1.11. The molecule has 0 atom stereocenters. The maximum atomic E-state index is 7.58. The van der Waals surface area contributed by atoms with E-state index in [1.807, 2.05) is 25.2 Å². The number of nitrogens with one attached hydrogen (secondary N) is 1. The molecule has 0 aromatic carbocycles. The molecule has 0 heterocycles. The predicted octanol–water partition coefficient (Wildman–Crippen LogP) is 2.86. The van der Waals surface area contributed by atoms with Crippen LogP contribution in [0.3, 0.4) is 0 Å². The molecule has 0 bridgehead atoms. The van der Waals surface area contributed by atoms with Gasteiger partial charge in [0, 0.05) is 0 Å². The number of allylic oxidation sites excluding steroid dienone is 6. The van der Waals surface area contributed by atoms with Crippen LogP contribution in [-0.4, -0.2) is 5.71 Å². The highest BCUT2D eigenvalue weighted by Gasteiger charge is 1.99. The fraction of sp³-hybridized carbons (Fsp3) is 0.300. The summed E-state index contributed by atoms with van der Waals surface area (Å²) in [6.07, 6.45) is 12.2. The lowest BCUT2D eigenvalue weighted by Crippen LogP contribution is -1.96. The Labute approximate surface area is 67.6 Å². The summed E-state index contributed by atoms with van der Waals surface area (Å²) < 4.78 is 0. The van der Waals surface area contributed by atoms with Gasteiger partial charge in [0.15, 0.2) is 0 Å². The van der Waals surface area contributed by atoms with Gasteiger partial charge in [-0.15, -0.1) is 0 Å². The second-order valence-corrected chi connectivity index (χ2v) is 2.55. The van der Waals surface area contributed by atoms with Gasteiger partial charge in [-0.3, -0.25) is 0 Å². The van der Waals surface area contributed by atoms with Crippen molar-refractivity contribution in [1.29, 1.82) is 5.41 Å². The molecule has 0 radical (unpaired) electrons. The number of rotatable bonds is 2. The Morgan fingerprint density at radius 2 is 2.36 bits per heavy atom. The Morgan fingerprint density at radius 3 is 2.91 bits per heavy atom. The van der Waals surface area contributed by atoms with Crippen LogP contribution in [0.4, 0.5) is 0 Å². The van der Waals surface area contributed by atoms with E-state index in [1.54, 1.807) is 0 Å². The fourth-order valence-corrected chi connectivity index (χ4v) is 1.08. The molecule has 11 heavy (non-hydrogen) atoms. The third-order valence-electron chi connectivity index (χ3n) is 1.64. The quantitative estimate of drug-likeness (QED) is 0.581. The second-order valence-electron chi connectivity index (χ2n) is 2.55. The minimum absolute atomic E-state index is 0.614. The van der Waals surface area contributed by atoms with E-state index in [2.05, 4.69) is 12.2 Å². The molecular formula is C10H13N. The molecular weight excluding hydrogens is 134 g/mol. The predicted molar refractivity (Wildman–Crippen MR) is 49.0 cm³/mol. The van der Waals surface area contributed by atoms with Crippen LogP contribution in [0.1, 0.15) is 19.8 Å². The van der Waals surface area contributed by atoms with Gasteiger partial charge < -0.3 is 5.41 Å². The van der Waals surface area contributed by atoms with Crippen LogP contribution >= 0.6 is 0 Å². The van der Waals surface area contributed by atoms with E-state index in [0.29, 0.717) is 5.71 Å². The molecule has 0 spiro atoms. The van der Waals surface area contributed by atoms with E-state index in [0.717, 1.165) is 18.4 Å². The van der Waals surface area contributed by atoms with Crippen LogP contribution in [0.2, 0.25) is 0 Å². The molecule has 1 N–H and O–H groups in total. The molecule has 0 saturated heterocycles. The number of hydrogen-bond donors (Lipinski definition) is 1. The van der Waals surface area contributed by atoms with Crippen molar-refractivity contribution in [1.82, 2.24) is 0 Å². The van der Waals surface area contributed by atoms with Gasteiger partial charge in [0.25, 0.3) is 0 Å². The van der Waals surface area contributed by atoms with E-state index < -0.39 is 0 Å². The molecule has 0 aliphatic heterocycles. The Morgan fingerprint density at radius 1 is 1.55 bits per heavy atom. The molecule has 1 heteroatoms. The van der Waals surface area contributed by atoms with Gasteiger partial charge in [-0.25, -0.2) is 0 Å². The first kappa shape index (κ1) is 7.99. The van der Waals surface area contributed by atoms with Crippen LogP contribution in [0.15, 0.2) is 36.0 Å². The smallest absolute Gasteiger partial charge is 0.0605 e. The van der Waals surface area contributed by atoms with E-state index in [1.165, 1.54) is 0 Å². The molecule has 1 rings (SSSR count). The molecule has 0 unspecified atom stereocenters. The summed E-state index contributed by atoms with van der Waals surface area (Å²) in [6.45, 7) is 1.93. The standard InChI is InChI=1S/C10H13N/c1-2-6-10(11)9-7-4-3-5-8-9/h2,4,6-8,11H,3,5H2,1H3/b6-2-,11-10?. The summed E-state index contributed by atoms with van der Waals surface area (Å²) in [4.78, 5) is 0. The van der Waals surface area contributed by atoms with Gasteiger partial charge in [-0.05, 0) is 31.4 Å². The summed E-state index contributed by atoms with van der Waals surface area (Å²) in [7, 11) is 0. The first-order valence-corrected chi connectivity index (χ1v) is 3.93. The first-order valence-electron chi connectivity index (χ1n) is 3.93. The van der Waals surface area contributed by atoms with Crippen molar-refractivity contribution in [2.45, 2.75) is 19.8 Å². The average Bonchev–Trinajstić information content (AvgIpc) is 2.07. The van der Waals surface area contributed by atoms with E-state index in [4.69, 9.17) is 5.41 Å². The van der Waals surface area contributed by atoms with Crippen LogP contribution in [0.5, 0.6) is 0 Å². The minimum atomic E-state index is 0.614. The van der Waals surface area contributed by atoms with E-state index >= 15 is 0 Å². The van der Waals surface area contributed by atoms with E-state index in [-0.39, 0.29) is 0 Å². The Balaban J connectivity index is 2.67. The molecule has 0 aromatic rings. The summed E-state index contributed by atoms with van der Waals surface area (Å²) in [5.41, 5.74) is 1.66. The van der Waals surface area contributed by atoms with Crippen molar-refractivity contribution >= 4 is 5.71 Å². The van der Waals surface area contributed by atoms with Gasteiger partial charge in [0.05, 0.1) is 5.71 Å². The molecule has 0 aromatic heterocycles. The summed E-state index contributed by atoms with van der Waals surface area (Å²) >= 11 is 0. The van der Waals surface area contributed by atoms with Crippen molar-refractivity contribution in [3.63, 3.8) is 0 Å². The van der Waals surface area contributed by atoms with Crippen molar-refractivity contribution in [2.24, 2.45) is 0 Å². The lowest BCUT2D eigenvalue weighted by Gasteiger charge is -2.03. The highest BCUT2D eigenvalue weighted by molar-refractivity contribution is 6.08. The SMILES string of the molecule is C/C=C\C(=N)C1=CCCC=C1. The topological polar surface area (TPSA) is 23.9 Å². The number of hydrogen-bond acceptors (Lipinski definition) is 1. The Bertz CT molecular complexity index is 231. The third kappa shape index (κ3) is 2.19. The molecule has 1 aliphatic carbocycles. The molecule has 1 nitrogen and oxygen atoms in total. The maximum absolute atomic E-state index is 7.58. The average molecular weight is 147 g/mol. The molecule has 0 amide bonds. The maximum Gasteiger partial charge on any atom is 0.0605 e. The third-order valence-corrected chi connectivity index (χ3v) is 1.64. The van der Waals surface area contributed by atoms with Gasteiger partial charge in [-0.2, -0.15) is 0 Å². The fourth-order valence-electron chi connectivity index (χ4n) is 1.08. The highest BCUT2D eigenvalue weighted by atomic mass is 14.4. The molecule has 1 aliphatic rings. The molecule has 58 valence electrons. The van der Waals surface area contributed by atoms with Crippen LogP contribution in [-0.2, 0) is 0 Å². The largest absolute Gasteiger partial charge is 0.300 e. The van der Waals surface area contributed by atoms with Crippen molar-refractivity contribution in [3.8, 4) is 0 Å². The molecule has 0 fully saturated rings. The zero-order valence-corrected chi connectivity index (χ0v) is 6.80. The lowest BCUT2D eigenvalue weighted by molar-refractivity contribution is 1.03. The van der Waals surface area contributed by atoms with E-state index in [9.17, 15) is 0 Å². The second kappa shape index (κ2) is 3.91. The zero-order chi connectivity index (χ0) is 8.10. The van der Waals surface area contributed by atoms with Crippen molar-refractivity contribution in [2.75, 3.05) is 0 Å². The van der Waals surface area contributed by atoms with Crippen LogP contribution < -0.4 is 0 Å². The van der Waals surface area contributed by atoms with Gasteiger partial charge in [0.2, 0.25) is 0 Å². The normalized spacial score (nSPS) is 17.0. The highest BCUT2D eigenvalue weighted by Crippen LogP contribution is 2.10. The van der Waals surface area contributed by atoms with Crippen LogP contribution in [0.25, 0.3) is 0 Å². The molecule has 0 saturated carbocycles. The summed E-state index contributed by atoms with van der Waals surface area (Å²) in [5.74, 6) is 0. The van der Waals surface area contributed by atoms with Crippen molar-refractivity contribution < 1.29 is 0 Å². The summed E-state index contributed by atoms with van der Waals surface area (Å²) in [5, 5.41) is 7.58.